The lowest BCUT2D eigenvalue weighted by Crippen LogP contribution is -2.20. The Hall–Kier alpha value is -1.18. The van der Waals surface area contributed by atoms with E-state index in [1.165, 1.54) is 25.7 Å². The zero-order chi connectivity index (χ0) is 10.0. The van der Waals surface area contributed by atoms with Crippen LogP contribution in [0.5, 0.6) is 0 Å². The minimum absolute atomic E-state index is 0.391. The Morgan fingerprint density at radius 1 is 1.43 bits per heavy atom. The third kappa shape index (κ3) is 2.00. The summed E-state index contributed by atoms with van der Waals surface area (Å²) >= 11 is 0. The first-order valence-corrected chi connectivity index (χ1v) is 5.38. The highest BCUT2D eigenvalue weighted by Crippen LogP contribution is 2.42. The van der Waals surface area contributed by atoms with Crippen LogP contribution in [0.4, 0.5) is 11.4 Å². The molecule has 0 aliphatic heterocycles. The van der Waals surface area contributed by atoms with E-state index in [-0.39, 0.29) is 0 Å². The molecule has 1 saturated carbocycles. The first kappa shape index (κ1) is 9.38. The maximum absolute atomic E-state index is 5.73. The van der Waals surface area contributed by atoms with Crippen molar-refractivity contribution in [1.82, 2.24) is 0 Å². The van der Waals surface area contributed by atoms with Gasteiger partial charge in [-0.1, -0.05) is 19.4 Å². The number of rotatable bonds is 4. The average molecular weight is 190 g/mol. The predicted octanol–water partition coefficient (Wildman–Crippen LogP) is 3.01. The van der Waals surface area contributed by atoms with Gasteiger partial charge >= 0.3 is 0 Å². The highest BCUT2D eigenvalue weighted by molar-refractivity contribution is 5.56. The molecule has 1 aromatic carbocycles. The molecule has 2 heteroatoms. The summed E-state index contributed by atoms with van der Waals surface area (Å²) in [5.41, 5.74) is 8.12. The van der Waals surface area contributed by atoms with Gasteiger partial charge in [-0.2, -0.15) is 0 Å². The molecule has 0 atom stereocenters. The Kier molecular flexibility index (Phi) is 2.36. The van der Waals surface area contributed by atoms with Gasteiger partial charge in [-0.15, -0.1) is 0 Å². The highest BCUT2D eigenvalue weighted by Gasteiger charge is 2.41. The maximum Gasteiger partial charge on any atom is 0.0375 e. The molecular weight excluding hydrogens is 172 g/mol. The molecule has 76 valence electrons. The molecular formula is C12H18N2. The fourth-order valence-electron chi connectivity index (χ4n) is 1.99. The minimum atomic E-state index is 0.391. The minimum Gasteiger partial charge on any atom is -0.399 e. The van der Waals surface area contributed by atoms with Gasteiger partial charge < -0.3 is 11.1 Å². The fraction of sp³-hybridized carbons (Fsp3) is 0.500. The van der Waals surface area contributed by atoms with Crippen LogP contribution in [0.3, 0.4) is 0 Å². The SMILES string of the molecule is CCCC1(Nc2cccc(N)c2)CC1. The third-order valence-electron chi connectivity index (χ3n) is 2.88. The molecule has 1 fully saturated rings. The summed E-state index contributed by atoms with van der Waals surface area (Å²) in [6.45, 7) is 2.24. The molecule has 0 bridgehead atoms. The summed E-state index contributed by atoms with van der Waals surface area (Å²) in [5.74, 6) is 0. The predicted molar refractivity (Wildman–Crippen MR) is 61.4 cm³/mol. The quantitative estimate of drug-likeness (QED) is 0.716. The van der Waals surface area contributed by atoms with E-state index in [1.807, 2.05) is 18.2 Å². The van der Waals surface area contributed by atoms with Crippen molar-refractivity contribution < 1.29 is 0 Å². The van der Waals surface area contributed by atoms with E-state index < -0.39 is 0 Å². The van der Waals surface area contributed by atoms with Gasteiger partial charge in [-0.05, 0) is 37.5 Å². The molecule has 0 unspecified atom stereocenters. The Bertz CT molecular complexity index is 316. The van der Waals surface area contributed by atoms with E-state index in [2.05, 4.69) is 18.3 Å². The molecule has 0 heterocycles. The molecule has 1 aliphatic carbocycles. The molecule has 0 aromatic heterocycles. The monoisotopic (exact) mass is 190 g/mol. The van der Waals surface area contributed by atoms with Crippen molar-refractivity contribution in [2.75, 3.05) is 11.1 Å². The van der Waals surface area contributed by atoms with Crippen molar-refractivity contribution in [1.29, 1.82) is 0 Å². The van der Waals surface area contributed by atoms with Crippen LogP contribution in [0.15, 0.2) is 24.3 Å². The van der Waals surface area contributed by atoms with Crippen LogP contribution in [0, 0.1) is 0 Å². The maximum atomic E-state index is 5.73. The van der Waals surface area contributed by atoms with Gasteiger partial charge in [0.2, 0.25) is 0 Å². The number of hydrogen-bond acceptors (Lipinski definition) is 2. The van der Waals surface area contributed by atoms with Gasteiger partial charge in [0.1, 0.15) is 0 Å². The van der Waals surface area contributed by atoms with Crippen LogP contribution >= 0.6 is 0 Å². The Morgan fingerprint density at radius 3 is 2.79 bits per heavy atom. The number of nitrogen functional groups attached to an aromatic ring is 1. The zero-order valence-corrected chi connectivity index (χ0v) is 8.72. The van der Waals surface area contributed by atoms with Gasteiger partial charge in [0, 0.05) is 16.9 Å². The van der Waals surface area contributed by atoms with E-state index in [4.69, 9.17) is 5.73 Å². The van der Waals surface area contributed by atoms with Gasteiger partial charge in [-0.3, -0.25) is 0 Å². The van der Waals surface area contributed by atoms with Crippen LogP contribution in [-0.4, -0.2) is 5.54 Å². The average Bonchev–Trinajstić information content (AvgIpc) is 2.85. The third-order valence-corrected chi connectivity index (χ3v) is 2.88. The number of anilines is 2. The normalized spacial score (nSPS) is 17.8. The number of benzene rings is 1. The molecule has 1 aliphatic rings. The molecule has 0 saturated heterocycles. The molecule has 0 radical (unpaired) electrons. The summed E-state index contributed by atoms with van der Waals surface area (Å²) in [5, 5.41) is 3.59. The molecule has 2 rings (SSSR count). The van der Waals surface area contributed by atoms with Crippen LogP contribution in [0.2, 0.25) is 0 Å². The Labute approximate surface area is 85.5 Å². The molecule has 3 N–H and O–H groups in total. The standard InChI is InChI=1S/C12H18N2/c1-2-6-12(7-8-12)14-11-5-3-4-10(13)9-11/h3-5,9,14H,2,6-8,13H2,1H3. The first-order valence-electron chi connectivity index (χ1n) is 5.38. The van der Waals surface area contributed by atoms with Crippen molar-refractivity contribution >= 4 is 11.4 Å². The lowest BCUT2D eigenvalue weighted by Gasteiger charge is -2.18. The van der Waals surface area contributed by atoms with Gasteiger partial charge in [0.15, 0.2) is 0 Å². The number of nitrogens with one attached hydrogen (secondary N) is 1. The largest absolute Gasteiger partial charge is 0.399 e. The molecule has 0 amide bonds. The Balaban J connectivity index is 2.03. The fourth-order valence-corrected chi connectivity index (χ4v) is 1.99. The van der Waals surface area contributed by atoms with E-state index >= 15 is 0 Å². The van der Waals surface area contributed by atoms with Gasteiger partial charge in [0.05, 0.1) is 0 Å². The summed E-state index contributed by atoms with van der Waals surface area (Å²) in [6, 6.07) is 8.02. The van der Waals surface area contributed by atoms with Gasteiger partial charge in [0.25, 0.3) is 0 Å². The van der Waals surface area contributed by atoms with Gasteiger partial charge in [-0.25, -0.2) is 0 Å². The highest BCUT2D eigenvalue weighted by atomic mass is 15.0. The van der Waals surface area contributed by atoms with Crippen molar-refractivity contribution in [2.24, 2.45) is 0 Å². The van der Waals surface area contributed by atoms with Crippen LogP contribution < -0.4 is 11.1 Å². The number of nitrogens with two attached hydrogens (primary N) is 1. The lowest BCUT2D eigenvalue weighted by atomic mass is 10.1. The van der Waals surface area contributed by atoms with E-state index in [0.29, 0.717) is 5.54 Å². The second kappa shape index (κ2) is 3.52. The van der Waals surface area contributed by atoms with Crippen LogP contribution in [0.25, 0.3) is 0 Å². The second-order valence-corrected chi connectivity index (χ2v) is 4.28. The molecule has 1 aromatic rings. The lowest BCUT2D eigenvalue weighted by molar-refractivity contribution is 0.639. The van der Waals surface area contributed by atoms with Crippen molar-refractivity contribution in [3.05, 3.63) is 24.3 Å². The summed E-state index contributed by atoms with van der Waals surface area (Å²) in [7, 11) is 0. The Morgan fingerprint density at radius 2 is 2.21 bits per heavy atom. The number of hydrogen-bond donors (Lipinski definition) is 2. The van der Waals surface area contributed by atoms with E-state index in [1.54, 1.807) is 0 Å². The van der Waals surface area contributed by atoms with Crippen molar-refractivity contribution in [3.63, 3.8) is 0 Å². The zero-order valence-electron chi connectivity index (χ0n) is 8.72. The second-order valence-electron chi connectivity index (χ2n) is 4.28. The first-order chi connectivity index (χ1) is 6.74. The summed E-state index contributed by atoms with van der Waals surface area (Å²) in [6.07, 6.45) is 5.11. The molecule has 14 heavy (non-hydrogen) atoms. The summed E-state index contributed by atoms with van der Waals surface area (Å²) < 4.78 is 0. The van der Waals surface area contributed by atoms with Crippen molar-refractivity contribution in [2.45, 2.75) is 38.1 Å². The van der Waals surface area contributed by atoms with Crippen molar-refractivity contribution in [3.8, 4) is 0 Å². The van der Waals surface area contributed by atoms with E-state index in [9.17, 15) is 0 Å². The molecule has 2 nitrogen and oxygen atoms in total. The van der Waals surface area contributed by atoms with Crippen LogP contribution in [0.1, 0.15) is 32.6 Å². The summed E-state index contributed by atoms with van der Waals surface area (Å²) in [4.78, 5) is 0. The van der Waals surface area contributed by atoms with E-state index in [0.717, 1.165) is 11.4 Å². The van der Waals surface area contributed by atoms with Crippen LogP contribution in [-0.2, 0) is 0 Å². The topological polar surface area (TPSA) is 38.0 Å². The molecule has 0 spiro atoms. The smallest absolute Gasteiger partial charge is 0.0375 e.